The molecule has 39 heavy (non-hydrogen) atoms. The van der Waals surface area contributed by atoms with E-state index < -0.39 is 13.9 Å². The Balaban J connectivity index is 1.72. The van der Waals surface area contributed by atoms with Crippen molar-refractivity contribution in [1.82, 2.24) is 4.90 Å². The molecule has 3 aromatic carbocycles. The van der Waals surface area contributed by atoms with Gasteiger partial charge >= 0.3 is 6.09 Å². The minimum atomic E-state index is -2.77. The number of rotatable bonds is 7. The lowest BCUT2D eigenvalue weighted by Gasteiger charge is -2.44. The molecule has 0 spiro atoms. The molecule has 4 rings (SSSR count). The van der Waals surface area contributed by atoms with Crippen LogP contribution in [0.25, 0.3) is 0 Å². The first kappa shape index (κ1) is 28.6. The topological polar surface area (TPSA) is 48.0 Å². The lowest BCUT2D eigenvalue weighted by molar-refractivity contribution is 0.0122. The predicted molar refractivity (Wildman–Crippen MR) is 160 cm³/mol. The summed E-state index contributed by atoms with van der Waals surface area (Å²) in [7, 11) is -1.12. The van der Waals surface area contributed by atoms with Crippen LogP contribution in [0.5, 0.6) is 5.75 Å². The number of hydrogen-bond donors (Lipinski definition) is 0. The van der Waals surface area contributed by atoms with Crippen molar-refractivity contribution >= 4 is 24.8 Å². The van der Waals surface area contributed by atoms with Gasteiger partial charge in [-0.05, 0) is 53.9 Å². The fourth-order valence-electron chi connectivity index (χ4n) is 5.37. The molecule has 0 N–H and O–H groups in total. The van der Waals surface area contributed by atoms with E-state index in [2.05, 4.69) is 81.5 Å². The maximum absolute atomic E-state index is 13.6. The first-order valence-corrected chi connectivity index (χ1v) is 15.5. The highest BCUT2D eigenvalue weighted by Crippen LogP contribution is 2.38. The molecule has 0 saturated carbocycles. The Bertz CT molecular complexity index is 1220. The summed E-state index contributed by atoms with van der Waals surface area (Å²) >= 11 is 0. The van der Waals surface area contributed by atoms with Crippen molar-refractivity contribution in [3.8, 4) is 5.75 Å². The van der Waals surface area contributed by atoms with Crippen molar-refractivity contribution in [2.45, 2.75) is 64.3 Å². The van der Waals surface area contributed by atoms with Gasteiger partial charge in [-0.1, -0.05) is 106 Å². The number of nitrogens with zero attached hydrogens (tertiary/aromatic N) is 1. The zero-order chi connectivity index (χ0) is 28.3. The molecule has 0 aromatic heterocycles. The van der Waals surface area contributed by atoms with Gasteiger partial charge in [0.05, 0.1) is 25.8 Å². The average Bonchev–Trinajstić information content (AvgIpc) is 3.33. The number of methoxy groups -OCH3 is 1. The normalized spacial score (nSPS) is 17.8. The van der Waals surface area contributed by atoms with Crippen LogP contribution in [0.1, 0.15) is 53.1 Å². The number of carbonyl (C=O) groups is 1. The largest absolute Gasteiger partial charge is 0.497 e. The van der Waals surface area contributed by atoms with Crippen LogP contribution in [-0.4, -0.2) is 44.7 Å². The molecule has 1 aliphatic heterocycles. The second-order valence-corrected chi connectivity index (χ2v) is 16.3. The van der Waals surface area contributed by atoms with Crippen LogP contribution in [-0.2, 0) is 9.16 Å². The summed E-state index contributed by atoms with van der Waals surface area (Å²) < 4.78 is 18.4. The molecule has 0 radical (unpaired) electrons. The van der Waals surface area contributed by atoms with Gasteiger partial charge in [0.25, 0.3) is 8.32 Å². The van der Waals surface area contributed by atoms with Gasteiger partial charge in [-0.3, -0.25) is 4.90 Å². The summed E-state index contributed by atoms with van der Waals surface area (Å²) in [6, 6.07) is 28.4. The third-order valence-corrected chi connectivity index (χ3v) is 12.1. The van der Waals surface area contributed by atoms with Gasteiger partial charge in [0.1, 0.15) is 11.4 Å². The minimum Gasteiger partial charge on any atom is -0.497 e. The first-order valence-electron chi connectivity index (χ1n) is 13.5. The Morgan fingerprint density at radius 3 is 1.79 bits per heavy atom. The molecule has 1 amide bonds. The number of ether oxygens (including phenoxy) is 2. The van der Waals surface area contributed by atoms with Gasteiger partial charge in [0.15, 0.2) is 0 Å². The van der Waals surface area contributed by atoms with E-state index in [-0.39, 0.29) is 23.2 Å². The van der Waals surface area contributed by atoms with E-state index in [0.29, 0.717) is 6.61 Å². The summed E-state index contributed by atoms with van der Waals surface area (Å²) in [6.45, 7) is 12.8. The zero-order valence-corrected chi connectivity index (χ0v) is 25.2. The quantitative estimate of drug-likeness (QED) is 0.253. The standard InChI is InChI=1S/C33H41NO4Si/c1-32(2,3)38-31(35)34-26(20-23-30(34)25-18-21-27(36-7)22-19-25)24-37-39(33(4,5)6,28-14-10-8-11-15-28)29-16-12-9-13-17-29/h8-23,26,30H,24H2,1-7H3/t26-,30?/m0/s1. The van der Waals surface area contributed by atoms with E-state index in [1.54, 1.807) is 7.11 Å². The zero-order valence-electron chi connectivity index (χ0n) is 24.2. The Morgan fingerprint density at radius 2 is 1.33 bits per heavy atom. The van der Waals surface area contributed by atoms with Crippen LogP contribution in [0.2, 0.25) is 5.04 Å². The summed E-state index contributed by atoms with van der Waals surface area (Å²) in [5, 5.41) is 2.26. The molecular weight excluding hydrogens is 502 g/mol. The van der Waals surface area contributed by atoms with Gasteiger partial charge in [0, 0.05) is 0 Å². The second-order valence-electron chi connectivity index (χ2n) is 12.0. The lowest BCUT2D eigenvalue weighted by Crippen LogP contribution is -2.67. The Hall–Kier alpha value is -3.35. The molecule has 6 heteroatoms. The van der Waals surface area contributed by atoms with Gasteiger partial charge in [-0.15, -0.1) is 0 Å². The summed E-state index contributed by atoms with van der Waals surface area (Å²) in [6.07, 6.45) is 3.80. The molecule has 206 valence electrons. The Kier molecular flexibility index (Phi) is 8.38. The molecule has 0 bridgehead atoms. The van der Waals surface area contributed by atoms with E-state index in [4.69, 9.17) is 13.9 Å². The number of amides is 1. The molecule has 5 nitrogen and oxygen atoms in total. The molecule has 1 unspecified atom stereocenters. The molecule has 0 saturated heterocycles. The highest BCUT2D eigenvalue weighted by molar-refractivity contribution is 6.99. The molecular formula is C33H41NO4Si. The summed E-state index contributed by atoms with van der Waals surface area (Å²) in [5.74, 6) is 0.774. The highest BCUT2D eigenvalue weighted by atomic mass is 28.4. The van der Waals surface area contributed by atoms with E-state index >= 15 is 0 Å². The van der Waals surface area contributed by atoms with Gasteiger partial charge < -0.3 is 13.9 Å². The maximum Gasteiger partial charge on any atom is 0.411 e. The van der Waals surface area contributed by atoms with Crippen LogP contribution in [0.4, 0.5) is 4.79 Å². The number of hydrogen-bond acceptors (Lipinski definition) is 4. The van der Waals surface area contributed by atoms with Crippen LogP contribution in [0.3, 0.4) is 0 Å². The van der Waals surface area contributed by atoms with Gasteiger partial charge in [0.2, 0.25) is 0 Å². The molecule has 1 aliphatic rings. The van der Waals surface area contributed by atoms with E-state index in [0.717, 1.165) is 11.3 Å². The highest BCUT2D eigenvalue weighted by Gasteiger charge is 2.51. The Labute approximate surface area is 234 Å². The number of benzene rings is 3. The first-order chi connectivity index (χ1) is 18.5. The van der Waals surface area contributed by atoms with Gasteiger partial charge in [-0.2, -0.15) is 0 Å². The van der Waals surface area contributed by atoms with Crippen molar-refractivity contribution in [2.75, 3.05) is 13.7 Å². The third kappa shape index (κ3) is 6.12. The molecule has 3 aromatic rings. The van der Waals surface area contributed by atoms with Crippen molar-refractivity contribution in [2.24, 2.45) is 0 Å². The fraction of sp³-hybridized carbons (Fsp3) is 0.364. The van der Waals surface area contributed by atoms with E-state index in [1.807, 2.05) is 62.1 Å². The molecule has 0 fully saturated rings. The molecule has 2 atom stereocenters. The molecule has 1 heterocycles. The van der Waals surface area contributed by atoms with Crippen LogP contribution < -0.4 is 15.1 Å². The SMILES string of the molecule is COc1ccc(C2C=C[C@@H](CO[Si](c3ccccc3)(c3ccccc3)C(C)(C)C)N2C(=O)OC(C)(C)C)cc1. The fourth-order valence-corrected chi connectivity index (χ4v) is 9.95. The average molecular weight is 544 g/mol. The monoisotopic (exact) mass is 543 g/mol. The van der Waals surface area contributed by atoms with Crippen LogP contribution in [0.15, 0.2) is 97.1 Å². The van der Waals surface area contributed by atoms with E-state index in [9.17, 15) is 4.79 Å². The summed E-state index contributed by atoms with van der Waals surface area (Å²) in [4.78, 5) is 15.4. The van der Waals surface area contributed by atoms with Crippen molar-refractivity contribution in [3.05, 3.63) is 103 Å². The smallest absolute Gasteiger partial charge is 0.411 e. The van der Waals surface area contributed by atoms with Crippen molar-refractivity contribution < 1.29 is 18.7 Å². The van der Waals surface area contributed by atoms with Crippen LogP contribution in [0, 0.1) is 0 Å². The second kappa shape index (κ2) is 11.4. The minimum absolute atomic E-state index is 0.163. The maximum atomic E-state index is 13.6. The summed E-state index contributed by atoms with van der Waals surface area (Å²) in [5.41, 5.74) is 0.374. The van der Waals surface area contributed by atoms with Crippen molar-refractivity contribution in [3.63, 3.8) is 0 Å². The van der Waals surface area contributed by atoms with E-state index in [1.165, 1.54) is 10.4 Å². The van der Waals surface area contributed by atoms with Crippen molar-refractivity contribution in [1.29, 1.82) is 0 Å². The molecule has 0 aliphatic carbocycles. The lowest BCUT2D eigenvalue weighted by atomic mass is 10.1. The third-order valence-electron chi connectivity index (χ3n) is 7.12. The Morgan fingerprint density at radius 1 is 0.795 bits per heavy atom. The van der Waals surface area contributed by atoms with Gasteiger partial charge in [-0.25, -0.2) is 4.79 Å². The van der Waals surface area contributed by atoms with Crippen LogP contribution >= 0.6 is 0 Å². The predicted octanol–water partition coefficient (Wildman–Crippen LogP) is 6.49. The number of carbonyl (C=O) groups excluding carboxylic acids is 1.